The molecule has 2 aliphatic rings. The Morgan fingerprint density at radius 2 is 1.79 bits per heavy atom. The molecule has 1 saturated heterocycles. The van der Waals surface area contributed by atoms with Gasteiger partial charge in [-0.05, 0) is 62.8 Å². The van der Waals surface area contributed by atoms with Crippen LogP contribution < -0.4 is 16.8 Å². The summed E-state index contributed by atoms with van der Waals surface area (Å²) in [7, 11) is 0. The SMILES string of the molecule is N/C=C(\N/C=C(/O)C(N)=Nc1ccc(F)cc1)C1CCN(C(=O)OC2CCCC2)CC1.[NH2-].[W]. The number of likely N-dealkylation sites (tertiary alicyclic amines) is 1. The summed E-state index contributed by atoms with van der Waals surface area (Å²) < 4.78 is 18.5. The van der Waals surface area contributed by atoms with Crippen LogP contribution >= 0.6 is 0 Å². The van der Waals surface area contributed by atoms with Gasteiger partial charge in [-0.2, -0.15) is 0 Å². The van der Waals surface area contributed by atoms with Crippen LogP contribution in [-0.2, 0) is 25.8 Å². The number of halogens is 1. The first-order chi connectivity index (χ1) is 15.0. The zero-order chi connectivity index (χ0) is 22.2. The monoisotopic (exact) mass is 631 g/mol. The van der Waals surface area contributed by atoms with Gasteiger partial charge in [0.1, 0.15) is 11.9 Å². The molecule has 3 rings (SSSR count). The molecule has 1 amide bonds. The topological polar surface area (TPSA) is 160 Å². The summed E-state index contributed by atoms with van der Waals surface area (Å²) >= 11 is 0. The fourth-order valence-electron chi connectivity index (χ4n) is 3.84. The number of amidine groups is 1. The van der Waals surface area contributed by atoms with Crippen LogP contribution in [0.5, 0.6) is 0 Å². The van der Waals surface area contributed by atoms with E-state index >= 15 is 0 Å². The van der Waals surface area contributed by atoms with Crippen molar-refractivity contribution in [3.8, 4) is 0 Å². The van der Waals surface area contributed by atoms with Crippen molar-refractivity contribution in [2.45, 2.75) is 44.6 Å². The Hall–Kier alpha value is -2.58. The maximum absolute atomic E-state index is 13.0. The van der Waals surface area contributed by atoms with Gasteiger partial charge in [-0.3, -0.25) is 0 Å². The number of hydrogen-bond donors (Lipinski definition) is 4. The number of carbonyl (C=O) groups excluding carboxylic acids is 1. The van der Waals surface area contributed by atoms with Crippen LogP contribution in [0, 0.1) is 11.7 Å². The molecule has 1 saturated carbocycles. The van der Waals surface area contributed by atoms with E-state index in [0.717, 1.165) is 44.2 Å². The standard InChI is InChI=1S/C22H30FN5O3.H2N.W/c23-16-5-7-17(8-6-16)27-21(25)20(29)14-26-19(13-24)15-9-11-28(12-10-15)22(30)31-18-3-1-2-4-18;;/h5-8,13-15,18,26,29H,1-4,9-12,24H2,(H2,25,27);1H2;/q;-1;/b19-13-,20-14+;;. The molecule has 0 atom stereocenters. The number of nitrogens with zero attached hydrogens (tertiary/aromatic N) is 2. The van der Waals surface area contributed by atoms with Crippen molar-refractivity contribution >= 4 is 17.6 Å². The largest absolute Gasteiger partial charge is 0.693 e. The molecule has 0 unspecified atom stereocenters. The molecule has 0 spiro atoms. The van der Waals surface area contributed by atoms with E-state index in [0.29, 0.717) is 18.8 Å². The summed E-state index contributed by atoms with van der Waals surface area (Å²) in [4.78, 5) is 18.1. The van der Waals surface area contributed by atoms with Gasteiger partial charge in [0.25, 0.3) is 0 Å². The smallest absolute Gasteiger partial charge is 0.410 e. The first-order valence-corrected chi connectivity index (χ1v) is 10.6. The number of carbonyl (C=O) groups is 1. The number of benzene rings is 1. The van der Waals surface area contributed by atoms with Crippen molar-refractivity contribution in [2.75, 3.05) is 13.1 Å². The van der Waals surface area contributed by atoms with Gasteiger partial charge in [0.05, 0.1) is 5.69 Å². The number of hydrogen-bond acceptors (Lipinski definition) is 6. The molecule has 1 heterocycles. The summed E-state index contributed by atoms with van der Waals surface area (Å²) in [6.45, 7) is 1.16. The third-order valence-electron chi connectivity index (χ3n) is 5.66. The number of rotatable bonds is 6. The van der Waals surface area contributed by atoms with Crippen molar-refractivity contribution in [3.05, 3.63) is 60.1 Å². The molecule has 8 N–H and O–H groups in total. The normalized spacial score (nSPS) is 18.3. The van der Waals surface area contributed by atoms with Gasteiger partial charge in [0, 0.05) is 58.2 Å². The summed E-state index contributed by atoms with van der Waals surface area (Å²) in [6.07, 6.45) is 8.19. The van der Waals surface area contributed by atoms with Gasteiger partial charge in [0.15, 0.2) is 11.6 Å². The second-order valence-electron chi connectivity index (χ2n) is 7.82. The van der Waals surface area contributed by atoms with Crippen molar-refractivity contribution in [3.63, 3.8) is 0 Å². The minimum absolute atomic E-state index is 0. The van der Waals surface area contributed by atoms with Crippen LogP contribution in [-0.4, -0.2) is 41.1 Å². The Kier molecular flexibility index (Phi) is 11.9. The van der Waals surface area contributed by atoms with E-state index in [9.17, 15) is 14.3 Å². The summed E-state index contributed by atoms with van der Waals surface area (Å²) in [5.41, 5.74) is 12.7. The van der Waals surface area contributed by atoms with Crippen molar-refractivity contribution in [2.24, 2.45) is 22.4 Å². The van der Waals surface area contributed by atoms with E-state index in [1.165, 1.54) is 36.7 Å². The average Bonchev–Trinajstić information content (AvgIpc) is 3.29. The van der Waals surface area contributed by atoms with Crippen LogP contribution in [0.25, 0.3) is 6.15 Å². The minimum atomic E-state index is -0.380. The van der Waals surface area contributed by atoms with Crippen LogP contribution in [0.1, 0.15) is 38.5 Å². The zero-order valence-electron chi connectivity index (χ0n) is 18.5. The number of piperidine rings is 1. The molecule has 2 fully saturated rings. The Morgan fingerprint density at radius 3 is 2.36 bits per heavy atom. The van der Waals surface area contributed by atoms with E-state index in [-0.39, 0.29) is 62.7 Å². The molecule has 182 valence electrons. The number of ether oxygens (including phenoxy) is 1. The van der Waals surface area contributed by atoms with E-state index in [1.807, 2.05) is 0 Å². The average molecular weight is 631 g/mol. The molecular weight excluding hydrogens is 599 g/mol. The third-order valence-corrected chi connectivity index (χ3v) is 5.66. The van der Waals surface area contributed by atoms with E-state index in [1.54, 1.807) is 4.90 Å². The fourth-order valence-corrected chi connectivity index (χ4v) is 3.84. The number of nitrogens with one attached hydrogen (secondary N) is 1. The maximum atomic E-state index is 13.0. The molecule has 9 nitrogen and oxygen atoms in total. The predicted molar refractivity (Wildman–Crippen MR) is 122 cm³/mol. The van der Waals surface area contributed by atoms with Crippen molar-refractivity contribution in [1.82, 2.24) is 10.2 Å². The number of aliphatic hydroxyl groups excluding tert-OH is 1. The zero-order valence-corrected chi connectivity index (χ0v) is 21.4. The van der Waals surface area contributed by atoms with Gasteiger partial charge in [-0.25, -0.2) is 14.2 Å². The Labute approximate surface area is 208 Å². The quantitative estimate of drug-likeness (QED) is 0.210. The Balaban J connectivity index is 0.00000272. The van der Waals surface area contributed by atoms with Gasteiger partial charge in [-0.1, -0.05) is 0 Å². The molecule has 1 aliphatic heterocycles. The van der Waals surface area contributed by atoms with Gasteiger partial charge in [0.2, 0.25) is 0 Å². The van der Waals surface area contributed by atoms with Crippen molar-refractivity contribution < 1.29 is 40.1 Å². The van der Waals surface area contributed by atoms with Crippen molar-refractivity contribution in [1.29, 1.82) is 0 Å². The first-order valence-electron chi connectivity index (χ1n) is 10.6. The molecule has 0 radical (unpaired) electrons. The number of allylic oxidation sites excluding steroid dienone is 1. The fraction of sp³-hybridized carbons (Fsp3) is 0.455. The molecule has 33 heavy (non-hydrogen) atoms. The van der Waals surface area contributed by atoms with Gasteiger partial charge < -0.3 is 37.7 Å². The summed E-state index contributed by atoms with van der Waals surface area (Å²) in [5, 5.41) is 13.1. The van der Waals surface area contributed by atoms with E-state index in [2.05, 4.69) is 10.3 Å². The number of amides is 1. The number of aliphatic hydroxyl groups is 1. The summed E-state index contributed by atoms with van der Waals surface area (Å²) in [6, 6.07) is 5.44. The Morgan fingerprint density at radius 1 is 1.18 bits per heavy atom. The maximum Gasteiger partial charge on any atom is 0.410 e. The third kappa shape index (κ3) is 8.36. The first kappa shape index (κ1) is 28.5. The molecule has 0 bridgehead atoms. The molecular formula is C22H32FN6O3W-. The number of nitrogens with two attached hydrogens (primary N) is 3. The second-order valence-corrected chi connectivity index (χ2v) is 7.82. The molecule has 11 heteroatoms. The second kappa shape index (κ2) is 13.8. The molecule has 0 aromatic heterocycles. The van der Waals surface area contributed by atoms with E-state index < -0.39 is 0 Å². The Bertz CT molecular complexity index is 848. The van der Waals surface area contributed by atoms with Gasteiger partial charge >= 0.3 is 6.09 Å². The molecule has 1 aliphatic carbocycles. The molecule has 1 aromatic carbocycles. The van der Waals surface area contributed by atoms with Crippen LogP contribution in [0.15, 0.2) is 53.1 Å². The molecule has 1 aromatic rings. The van der Waals surface area contributed by atoms with Crippen LogP contribution in [0.4, 0.5) is 14.9 Å². The summed E-state index contributed by atoms with van der Waals surface area (Å²) in [5.74, 6) is -0.643. The predicted octanol–water partition coefficient (Wildman–Crippen LogP) is 4.11. The minimum Gasteiger partial charge on any atom is -0.693 e. The van der Waals surface area contributed by atoms with Crippen LogP contribution in [0.2, 0.25) is 0 Å². The number of aliphatic imine (C=N–C) groups is 1. The van der Waals surface area contributed by atoms with Crippen LogP contribution in [0.3, 0.4) is 0 Å². The van der Waals surface area contributed by atoms with E-state index in [4.69, 9.17) is 16.2 Å². The van der Waals surface area contributed by atoms with Gasteiger partial charge in [-0.15, -0.1) is 0 Å².